The smallest absolute Gasteiger partial charge is 0.337 e. The lowest BCUT2D eigenvalue weighted by Gasteiger charge is -2.13. The van der Waals surface area contributed by atoms with Gasteiger partial charge in [0.05, 0.1) is 33.2 Å². The van der Waals surface area contributed by atoms with Crippen LogP contribution in [0.3, 0.4) is 0 Å². The first kappa shape index (κ1) is 24.6. The number of allylic oxidation sites excluding steroid dienone is 1. The topological polar surface area (TPSA) is 87.0 Å². The number of furan rings is 1. The van der Waals surface area contributed by atoms with Gasteiger partial charge in [0.15, 0.2) is 0 Å². The molecular formula is C29H27NO6. The summed E-state index contributed by atoms with van der Waals surface area (Å²) in [5.74, 6) is 0.644. The van der Waals surface area contributed by atoms with Crippen LogP contribution in [0.5, 0.6) is 11.5 Å². The number of ether oxygens (including phenoxy) is 3. The van der Waals surface area contributed by atoms with E-state index in [1.807, 2.05) is 44.2 Å². The third kappa shape index (κ3) is 4.81. The molecule has 4 rings (SSSR count). The Balaban J connectivity index is 1.69. The lowest BCUT2D eigenvalue weighted by molar-refractivity contribution is -0.111. The number of nitrogens with one attached hydrogen (secondary N) is 1. The van der Waals surface area contributed by atoms with Crippen LogP contribution in [0.25, 0.3) is 27.7 Å². The summed E-state index contributed by atoms with van der Waals surface area (Å²) in [5.41, 5.74) is 5.90. The Morgan fingerprint density at radius 3 is 2.39 bits per heavy atom. The molecule has 7 heteroatoms. The summed E-state index contributed by atoms with van der Waals surface area (Å²) in [4.78, 5) is 24.4. The minimum atomic E-state index is -0.436. The molecule has 0 saturated heterocycles. The number of methoxy groups -OCH3 is 3. The molecule has 36 heavy (non-hydrogen) atoms. The molecule has 1 amide bonds. The number of carbonyl (C=O) groups excluding carboxylic acids is 2. The van der Waals surface area contributed by atoms with Gasteiger partial charge in [-0.15, -0.1) is 0 Å². The molecule has 0 spiro atoms. The number of esters is 1. The molecule has 1 heterocycles. The molecule has 3 aromatic carbocycles. The quantitative estimate of drug-likeness (QED) is 0.246. The molecule has 0 atom stereocenters. The van der Waals surface area contributed by atoms with E-state index in [0.717, 1.165) is 44.5 Å². The molecule has 1 aromatic heterocycles. The van der Waals surface area contributed by atoms with Crippen molar-refractivity contribution in [3.63, 3.8) is 0 Å². The summed E-state index contributed by atoms with van der Waals surface area (Å²) in [6.07, 6.45) is 3.24. The number of amides is 1. The van der Waals surface area contributed by atoms with Gasteiger partial charge in [-0.05, 0) is 67.4 Å². The minimum absolute atomic E-state index is 0.307. The molecule has 4 aromatic rings. The van der Waals surface area contributed by atoms with Crippen molar-refractivity contribution < 1.29 is 28.2 Å². The highest BCUT2D eigenvalue weighted by Gasteiger charge is 2.19. The average Bonchev–Trinajstić information content (AvgIpc) is 3.33. The SMILES string of the molecule is COC(=O)c1ccc(NC(=O)/C=C(\C)c2cc3c(-c4cccc(OC)c4)coc3c(C)c2OC)cc1. The number of aryl methyl sites for hydroxylation is 1. The zero-order valence-corrected chi connectivity index (χ0v) is 20.8. The Bertz CT molecular complexity index is 1460. The van der Waals surface area contributed by atoms with E-state index in [1.165, 1.54) is 13.2 Å². The van der Waals surface area contributed by atoms with Crippen LogP contribution in [0.15, 0.2) is 71.4 Å². The van der Waals surface area contributed by atoms with Crippen LogP contribution in [0.4, 0.5) is 5.69 Å². The van der Waals surface area contributed by atoms with Gasteiger partial charge in [0, 0.05) is 33.8 Å². The highest BCUT2D eigenvalue weighted by atomic mass is 16.5. The van der Waals surface area contributed by atoms with Crippen LogP contribution in [0.2, 0.25) is 0 Å². The van der Waals surface area contributed by atoms with Crippen molar-refractivity contribution >= 4 is 34.1 Å². The van der Waals surface area contributed by atoms with Gasteiger partial charge < -0.3 is 23.9 Å². The van der Waals surface area contributed by atoms with E-state index in [9.17, 15) is 9.59 Å². The number of fused-ring (bicyclic) bond motifs is 1. The van der Waals surface area contributed by atoms with Gasteiger partial charge in [0.1, 0.15) is 17.1 Å². The number of hydrogen-bond donors (Lipinski definition) is 1. The number of benzene rings is 3. The summed E-state index contributed by atoms with van der Waals surface area (Å²) in [6.45, 7) is 3.79. The summed E-state index contributed by atoms with van der Waals surface area (Å²) in [5, 5.41) is 3.73. The van der Waals surface area contributed by atoms with E-state index in [1.54, 1.807) is 44.7 Å². The van der Waals surface area contributed by atoms with Gasteiger partial charge in [-0.1, -0.05) is 12.1 Å². The molecule has 0 saturated carbocycles. The van der Waals surface area contributed by atoms with Gasteiger partial charge in [0.2, 0.25) is 5.91 Å². The first-order valence-corrected chi connectivity index (χ1v) is 11.3. The summed E-state index contributed by atoms with van der Waals surface area (Å²) in [7, 11) is 4.55. The van der Waals surface area contributed by atoms with E-state index < -0.39 is 5.97 Å². The van der Waals surface area contributed by atoms with Gasteiger partial charge in [0.25, 0.3) is 0 Å². The van der Waals surface area contributed by atoms with Gasteiger partial charge >= 0.3 is 5.97 Å². The normalized spacial score (nSPS) is 11.3. The van der Waals surface area contributed by atoms with Crippen molar-refractivity contribution in [1.29, 1.82) is 0 Å². The number of hydrogen-bond acceptors (Lipinski definition) is 6. The van der Waals surface area contributed by atoms with Crippen LogP contribution in [0.1, 0.15) is 28.4 Å². The highest BCUT2D eigenvalue weighted by molar-refractivity contribution is 6.06. The van der Waals surface area contributed by atoms with E-state index in [2.05, 4.69) is 5.32 Å². The van der Waals surface area contributed by atoms with Gasteiger partial charge in [-0.3, -0.25) is 4.79 Å². The fourth-order valence-corrected chi connectivity index (χ4v) is 4.15. The van der Waals surface area contributed by atoms with Crippen LogP contribution in [0, 0.1) is 6.92 Å². The molecule has 184 valence electrons. The van der Waals surface area contributed by atoms with E-state index in [-0.39, 0.29) is 5.91 Å². The Morgan fingerprint density at radius 2 is 1.72 bits per heavy atom. The molecule has 0 fully saturated rings. The van der Waals surface area contributed by atoms with E-state index in [0.29, 0.717) is 17.0 Å². The molecule has 7 nitrogen and oxygen atoms in total. The van der Waals surface area contributed by atoms with Crippen molar-refractivity contribution in [2.45, 2.75) is 13.8 Å². The summed E-state index contributed by atoms with van der Waals surface area (Å²) >= 11 is 0. The summed E-state index contributed by atoms with van der Waals surface area (Å²) in [6, 6.07) is 16.2. The lowest BCUT2D eigenvalue weighted by atomic mass is 9.96. The van der Waals surface area contributed by atoms with Crippen molar-refractivity contribution in [3.8, 4) is 22.6 Å². The van der Waals surface area contributed by atoms with Crippen molar-refractivity contribution in [3.05, 3.63) is 83.6 Å². The second kappa shape index (κ2) is 10.4. The molecule has 0 radical (unpaired) electrons. The van der Waals surface area contributed by atoms with Crippen molar-refractivity contribution in [2.24, 2.45) is 0 Å². The Hall–Kier alpha value is -4.52. The van der Waals surface area contributed by atoms with Crippen molar-refractivity contribution in [2.75, 3.05) is 26.6 Å². The third-order valence-corrected chi connectivity index (χ3v) is 5.97. The van der Waals surface area contributed by atoms with Crippen molar-refractivity contribution in [1.82, 2.24) is 0 Å². The van der Waals surface area contributed by atoms with E-state index in [4.69, 9.17) is 18.6 Å². The number of rotatable bonds is 7. The second-order valence-electron chi connectivity index (χ2n) is 8.23. The fourth-order valence-electron chi connectivity index (χ4n) is 4.15. The van der Waals surface area contributed by atoms with Crippen LogP contribution >= 0.6 is 0 Å². The maximum atomic E-state index is 12.8. The third-order valence-electron chi connectivity index (χ3n) is 5.97. The largest absolute Gasteiger partial charge is 0.497 e. The molecule has 0 aliphatic heterocycles. The highest BCUT2D eigenvalue weighted by Crippen LogP contribution is 2.41. The van der Waals surface area contributed by atoms with Gasteiger partial charge in [-0.2, -0.15) is 0 Å². The zero-order chi connectivity index (χ0) is 25.8. The Morgan fingerprint density at radius 1 is 0.972 bits per heavy atom. The number of carbonyl (C=O) groups is 2. The lowest BCUT2D eigenvalue weighted by Crippen LogP contribution is -2.09. The zero-order valence-electron chi connectivity index (χ0n) is 20.8. The van der Waals surface area contributed by atoms with Crippen LogP contribution < -0.4 is 14.8 Å². The predicted molar refractivity (Wildman–Crippen MR) is 140 cm³/mol. The van der Waals surface area contributed by atoms with Crippen LogP contribution in [-0.2, 0) is 9.53 Å². The predicted octanol–water partition coefficient (Wildman–Crippen LogP) is 6.25. The molecule has 1 N–H and O–H groups in total. The van der Waals surface area contributed by atoms with Gasteiger partial charge in [-0.25, -0.2) is 4.79 Å². The average molecular weight is 486 g/mol. The first-order valence-electron chi connectivity index (χ1n) is 11.3. The molecule has 0 aliphatic carbocycles. The first-order chi connectivity index (χ1) is 17.4. The summed E-state index contributed by atoms with van der Waals surface area (Å²) < 4.78 is 21.7. The maximum Gasteiger partial charge on any atom is 0.337 e. The van der Waals surface area contributed by atoms with E-state index >= 15 is 0 Å². The molecule has 0 bridgehead atoms. The Labute approximate surface area is 209 Å². The number of anilines is 1. The monoisotopic (exact) mass is 485 g/mol. The maximum absolute atomic E-state index is 12.8. The standard InChI is InChI=1S/C29H27NO6/c1-17(13-26(31)30-21-11-9-19(10-12-21)29(32)35-5)23-15-24-25(20-7-6-8-22(14-20)33-3)16-36-28(24)18(2)27(23)34-4/h6-16H,1-5H3,(H,30,31)/b17-13+. The Kier molecular flexibility index (Phi) is 7.10. The molecule has 0 aliphatic rings. The molecular weight excluding hydrogens is 458 g/mol. The minimum Gasteiger partial charge on any atom is -0.497 e. The second-order valence-corrected chi connectivity index (χ2v) is 8.23. The van der Waals surface area contributed by atoms with Crippen LogP contribution in [-0.4, -0.2) is 33.2 Å². The fraction of sp³-hybridized carbons (Fsp3) is 0.172. The molecule has 0 unspecified atom stereocenters.